The molecule has 0 atom stereocenters. The van der Waals surface area contributed by atoms with E-state index >= 15 is 0 Å². The molecule has 0 aromatic heterocycles. The first-order chi connectivity index (χ1) is 13.9. The highest BCUT2D eigenvalue weighted by Gasteiger charge is 2.51. The van der Waals surface area contributed by atoms with Gasteiger partial charge in [-0.3, -0.25) is 10.1 Å². The fourth-order valence-electron chi connectivity index (χ4n) is 5.65. The molecule has 0 unspecified atom stereocenters. The molecule has 0 saturated heterocycles. The first-order valence-electron chi connectivity index (χ1n) is 10.1. The first kappa shape index (κ1) is 19.6. The van der Waals surface area contributed by atoms with Crippen molar-refractivity contribution >= 4 is 24.0 Å². The Kier molecular flexibility index (Phi) is 5.39. The van der Waals surface area contributed by atoms with Crippen molar-refractivity contribution in [3.63, 3.8) is 0 Å². The molecule has 7 heteroatoms. The molecule has 0 aliphatic heterocycles. The molecule has 1 aromatic rings. The summed E-state index contributed by atoms with van der Waals surface area (Å²) in [4.78, 5) is 35.9. The van der Waals surface area contributed by atoms with Crippen molar-refractivity contribution in [2.45, 2.75) is 44.1 Å². The summed E-state index contributed by atoms with van der Waals surface area (Å²) < 4.78 is 18.3. The van der Waals surface area contributed by atoms with E-state index in [-0.39, 0.29) is 11.1 Å². The summed E-state index contributed by atoms with van der Waals surface area (Å²) in [6.07, 6.45) is 9.05. The van der Waals surface area contributed by atoms with Crippen LogP contribution in [0.5, 0.6) is 0 Å². The highest BCUT2D eigenvalue weighted by molar-refractivity contribution is 5.96. The molecule has 6 nitrogen and oxygen atoms in total. The van der Waals surface area contributed by atoms with Crippen LogP contribution < -0.4 is 10.6 Å². The molecule has 4 aliphatic carbocycles. The molecule has 4 bridgehead atoms. The van der Waals surface area contributed by atoms with E-state index in [1.54, 1.807) is 12.1 Å². The third-order valence-corrected chi connectivity index (χ3v) is 6.32. The van der Waals surface area contributed by atoms with Crippen molar-refractivity contribution in [2.24, 2.45) is 17.8 Å². The molecule has 0 spiro atoms. The molecule has 4 saturated carbocycles. The van der Waals surface area contributed by atoms with Gasteiger partial charge in [0.25, 0.3) is 5.91 Å². The average Bonchev–Trinajstić information content (AvgIpc) is 2.64. The number of imide groups is 1. The molecule has 0 radical (unpaired) electrons. The maximum atomic E-state index is 13.5. The molecular formula is C22H25FN2O4. The summed E-state index contributed by atoms with van der Waals surface area (Å²) in [5.74, 6) is 0.0961. The van der Waals surface area contributed by atoms with Crippen LogP contribution in [0.4, 0.5) is 9.18 Å². The maximum absolute atomic E-state index is 13.5. The van der Waals surface area contributed by atoms with E-state index in [2.05, 4.69) is 10.6 Å². The van der Waals surface area contributed by atoms with Crippen molar-refractivity contribution < 1.29 is 23.5 Å². The molecule has 3 amide bonds. The van der Waals surface area contributed by atoms with Crippen LogP contribution in [0.15, 0.2) is 30.3 Å². The highest BCUT2D eigenvalue weighted by atomic mass is 19.1. The zero-order chi connectivity index (χ0) is 20.4. The van der Waals surface area contributed by atoms with Gasteiger partial charge in [-0.05, 0) is 68.4 Å². The quantitative estimate of drug-likeness (QED) is 0.587. The van der Waals surface area contributed by atoms with Crippen molar-refractivity contribution in [3.05, 3.63) is 41.7 Å². The average molecular weight is 400 g/mol. The van der Waals surface area contributed by atoms with Crippen LogP contribution in [0, 0.1) is 23.6 Å². The third kappa shape index (κ3) is 4.66. The zero-order valence-corrected chi connectivity index (χ0v) is 16.2. The van der Waals surface area contributed by atoms with Gasteiger partial charge in [-0.1, -0.05) is 18.2 Å². The van der Waals surface area contributed by atoms with E-state index < -0.39 is 30.3 Å². The van der Waals surface area contributed by atoms with Crippen LogP contribution in [0.1, 0.15) is 44.1 Å². The van der Waals surface area contributed by atoms with Crippen molar-refractivity contribution in [1.29, 1.82) is 0 Å². The second kappa shape index (κ2) is 7.97. The standard InChI is InChI=1S/C22H25FN2O4/c23-18-4-2-1-3-17(18)5-6-20(27)29-13-19(26)24-21(28)25-22-10-14-7-15(11-22)9-16(8-14)12-22/h1-6,14-16H,7-13H2,(H2,24,25,26,28)/b6-5+. The number of hydrogen-bond acceptors (Lipinski definition) is 4. The van der Waals surface area contributed by atoms with Gasteiger partial charge in [0.15, 0.2) is 6.61 Å². The van der Waals surface area contributed by atoms with Gasteiger partial charge in [-0.25, -0.2) is 14.0 Å². The predicted molar refractivity (Wildman–Crippen MR) is 104 cm³/mol. The number of halogens is 1. The smallest absolute Gasteiger partial charge is 0.331 e. The van der Waals surface area contributed by atoms with E-state index in [9.17, 15) is 18.8 Å². The van der Waals surface area contributed by atoms with Gasteiger partial charge in [0.05, 0.1) is 0 Å². The van der Waals surface area contributed by atoms with Gasteiger partial charge in [0.2, 0.25) is 0 Å². The molecule has 4 fully saturated rings. The van der Waals surface area contributed by atoms with E-state index in [0.717, 1.165) is 25.3 Å². The van der Waals surface area contributed by atoms with Crippen molar-refractivity contribution in [3.8, 4) is 0 Å². The Morgan fingerprint density at radius 1 is 1.07 bits per heavy atom. The number of hydrogen-bond donors (Lipinski definition) is 2. The number of esters is 1. The van der Waals surface area contributed by atoms with Gasteiger partial charge in [-0.2, -0.15) is 0 Å². The van der Waals surface area contributed by atoms with Crippen LogP contribution >= 0.6 is 0 Å². The molecular weight excluding hydrogens is 375 g/mol. The van der Waals surface area contributed by atoms with Gasteiger partial charge in [0.1, 0.15) is 5.82 Å². The lowest BCUT2D eigenvalue weighted by molar-refractivity contribution is -0.143. The number of benzene rings is 1. The Balaban J connectivity index is 1.22. The van der Waals surface area contributed by atoms with Gasteiger partial charge in [-0.15, -0.1) is 0 Å². The number of ether oxygens (including phenoxy) is 1. The molecule has 1 aromatic carbocycles. The Labute approximate surface area is 168 Å². The van der Waals surface area contributed by atoms with Crippen LogP contribution in [-0.2, 0) is 14.3 Å². The summed E-state index contributed by atoms with van der Waals surface area (Å²) in [6, 6.07) is 5.45. The lowest BCUT2D eigenvalue weighted by Crippen LogP contribution is -2.62. The van der Waals surface area contributed by atoms with Crippen LogP contribution in [0.2, 0.25) is 0 Å². The third-order valence-electron chi connectivity index (χ3n) is 6.32. The molecule has 29 heavy (non-hydrogen) atoms. The zero-order valence-electron chi connectivity index (χ0n) is 16.2. The largest absolute Gasteiger partial charge is 0.452 e. The van der Waals surface area contributed by atoms with E-state index in [1.165, 1.54) is 37.5 Å². The summed E-state index contributed by atoms with van der Waals surface area (Å²) >= 11 is 0. The molecule has 0 heterocycles. The molecule has 5 rings (SSSR count). The van der Waals surface area contributed by atoms with Crippen LogP contribution in [0.25, 0.3) is 6.08 Å². The lowest BCUT2D eigenvalue weighted by atomic mass is 9.53. The van der Waals surface area contributed by atoms with Gasteiger partial charge in [0, 0.05) is 17.2 Å². The lowest BCUT2D eigenvalue weighted by Gasteiger charge is -2.56. The minimum absolute atomic E-state index is 0.196. The Hall–Kier alpha value is -2.70. The van der Waals surface area contributed by atoms with Gasteiger partial charge < -0.3 is 10.1 Å². The minimum Gasteiger partial charge on any atom is -0.452 e. The summed E-state index contributed by atoms with van der Waals surface area (Å²) in [5.41, 5.74) is 0.0435. The summed E-state index contributed by atoms with van der Waals surface area (Å²) in [5, 5.41) is 5.27. The fraction of sp³-hybridized carbons (Fsp3) is 0.500. The number of carbonyl (C=O) groups is 3. The van der Waals surface area contributed by atoms with Crippen LogP contribution in [0.3, 0.4) is 0 Å². The normalized spacial score (nSPS) is 29.6. The summed E-state index contributed by atoms with van der Waals surface area (Å²) in [6.45, 7) is -0.575. The van der Waals surface area contributed by atoms with Crippen molar-refractivity contribution in [2.75, 3.05) is 6.61 Å². The second-order valence-electron chi connectivity index (χ2n) is 8.66. The number of nitrogens with one attached hydrogen (secondary N) is 2. The number of amides is 3. The predicted octanol–water partition coefficient (Wildman–Crippen LogP) is 3.18. The minimum atomic E-state index is -0.787. The fourth-order valence-corrected chi connectivity index (χ4v) is 5.65. The second-order valence-corrected chi connectivity index (χ2v) is 8.66. The number of urea groups is 1. The first-order valence-corrected chi connectivity index (χ1v) is 10.1. The van der Waals surface area contributed by atoms with Gasteiger partial charge >= 0.3 is 12.0 Å². The SMILES string of the molecule is O=C(COC(=O)/C=C/c1ccccc1F)NC(=O)NC12CC3CC(CC(C3)C1)C2. The van der Waals surface area contributed by atoms with Crippen molar-refractivity contribution in [1.82, 2.24) is 10.6 Å². The molecule has 2 N–H and O–H groups in total. The molecule has 4 aliphatic rings. The van der Waals surface area contributed by atoms with E-state index in [0.29, 0.717) is 17.8 Å². The monoisotopic (exact) mass is 400 g/mol. The summed E-state index contributed by atoms with van der Waals surface area (Å²) in [7, 11) is 0. The highest BCUT2D eigenvalue weighted by Crippen LogP contribution is 2.55. The van der Waals surface area contributed by atoms with E-state index in [1.807, 2.05) is 0 Å². The molecule has 154 valence electrons. The maximum Gasteiger partial charge on any atom is 0.331 e. The number of carbonyl (C=O) groups excluding carboxylic acids is 3. The Morgan fingerprint density at radius 3 is 2.31 bits per heavy atom. The Morgan fingerprint density at radius 2 is 1.69 bits per heavy atom. The van der Waals surface area contributed by atoms with Crippen LogP contribution in [-0.4, -0.2) is 30.1 Å². The van der Waals surface area contributed by atoms with E-state index in [4.69, 9.17) is 4.74 Å². The topological polar surface area (TPSA) is 84.5 Å². The number of rotatable bonds is 5. The Bertz CT molecular complexity index is 816.